The topological polar surface area (TPSA) is 89.2 Å². The van der Waals surface area contributed by atoms with Gasteiger partial charge in [0.25, 0.3) is 0 Å². The van der Waals surface area contributed by atoms with Crippen molar-refractivity contribution in [1.82, 2.24) is 0 Å². The molecule has 3 aromatic carbocycles. The van der Waals surface area contributed by atoms with Crippen molar-refractivity contribution in [3.05, 3.63) is 99.7 Å². The Morgan fingerprint density at radius 2 is 1.71 bits per heavy atom. The highest BCUT2D eigenvalue weighted by Crippen LogP contribution is 2.44. The van der Waals surface area contributed by atoms with Gasteiger partial charge in [0.15, 0.2) is 0 Å². The number of nitrogens with zero attached hydrogens (tertiary/aromatic N) is 1. The Hall–Kier alpha value is -4.04. The molecule has 5 heteroatoms. The largest absolute Gasteiger partial charge is 0.432 e. The van der Waals surface area contributed by atoms with Crippen molar-refractivity contribution in [2.24, 2.45) is 5.73 Å². The first-order chi connectivity index (χ1) is 13.7. The third-order valence-electron chi connectivity index (χ3n) is 5.09. The van der Waals surface area contributed by atoms with Gasteiger partial charge in [-0.25, -0.2) is 4.79 Å². The summed E-state index contributed by atoms with van der Waals surface area (Å²) in [5.74, 6) is -0.559. The number of allylic oxidation sites excluding steroid dienone is 1. The molecule has 0 bridgehead atoms. The summed E-state index contributed by atoms with van der Waals surface area (Å²) in [4.78, 5) is 12.6. The molecule has 0 spiro atoms. The molecule has 1 aliphatic heterocycles. The summed E-state index contributed by atoms with van der Waals surface area (Å²) in [6.07, 6.45) is 0. The van der Waals surface area contributed by atoms with Crippen LogP contribution in [0.25, 0.3) is 21.7 Å². The SMILES string of the molecule is N#CC1=C(N)Oc2c(c3ccccc3oc2=O)C1c1ccc2ccccc2c1. The van der Waals surface area contributed by atoms with Gasteiger partial charge in [-0.05, 0) is 22.4 Å². The number of ether oxygens (including phenoxy) is 1. The fraction of sp³-hybridized carbons (Fsp3) is 0.0435. The van der Waals surface area contributed by atoms with Gasteiger partial charge < -0.3 is 14.9 Å². The maximum absolute atomic E-state index is 12.6. The molecule has 4 aromatic rings. The zero-order chi connectivity index (χ0) is 19.3. The molecule has 1 unspecified atom stereocenters. The van der Waals surface area contributed by atoms with Gasteiger partial charge >= 0.3 is 5.63 Å². The molecule has 1 aromatic heterocycles. The van der Waals surface area contributed by atoms with Crippen molar-refractivity contribution >= 4 is 21.7 Å². The Balaban J connectivity index is 1.88. The first kappa shape index (κ1) is 16.2. The lowest BCUT2D eigenvalue weighted by molar-refractivity contribution is 0.368. The Labute approximate surface area is 159 Å². The van der Waals surface area contributed by atoms with Crippen LogP contribution in [0.4, 0.5) is 0 Å². The predicted molar refractivity (Wildman–Crippen MR) is 106 cm³/mol. The third-order valence-corrected chi connectivity index (χ3v) is 5.09. The number of nitrogens with two attached hydrogens (primary N) is 1. The molecule has 5 nitrogen and oxygen atoms in total. The number of fused-ring (bicyclic) bond motifs is 4. The van der Waals surface area contributed by atoms with E-state index in [4.69, 9.17) is 14.9 Å². The molecule has 2 heterocycles. The molecule has 0 fully saturated rings. The average Bonchev–Trinajstić information content (AvgIpc) is 2.73. The van der Waals surface area contributed by atoms with E-state index in [2.05, 4.69) is 6.07 Å². The fourth-order valence-electron chi connectivity index (χ4n) is 3.83. The van der Waals surface area contributed by atoms with Crippen molar-refractivity contribution in [2.75, 3.05) is 0 Å². The van der Waals surface area contributed by atoms with Crippen molar-refractivity contribution in [3.63, 3.8) is 0 Å². The molecule has 28 heavy (non-hydrogen) atoms. The number of para-hydroxylation sites is 1. The molecule has 0 aliphatic carbocycles. The van der Waals surface area contributed by atoms with E-state index in [0.29, 0.717) is 11.1 Å². The minimum atomic E-state index is -0.612. The summed E-state index contributed by atoms with van der Waals surface area (Å²) in [6, 6.07) is 23.3. The van der Waals surface area contributed by atoms with Gasteiger partial charge in [-0.15, -0.1) is 0 Å². The second-order valence-electron chi connectivity index (χ2n) is 6.66. The van der Waals surface area contributed by atoms with E-state index in [0.717, 1.165) is 21.7 Å². The van der Waals surface area contributed by atoms with Crippen LogP contribution in [0.15, 0.2) is 87.4 Å². The Bertz CT molecular complexity index is 1390. The van der Waals surface area contributed by atoms with E-state index in [1.807, 2.05) is 54.6 Å². The number of nitriles is 1. The van der Waals surface area contributed by atoms with E-state index < -0.39 is 11.5 Å². The van der Waals surface area contributed by atoms with Gasteiger partial charge in [0.05, 0.1) is 5.92 Å². The molecule has 1 aliphatic rings. The predicted octanol–water partition coefficient (Wildman–Crippen LogP) is 4.16. The second kappa shape index (κ2) is 6.00. The summed E-state index contributed by atoms with van der Waals surface area (Å²) in [5, 5.41) is 12.6. The molecular formula is C23H14N2O3. The van der Waals surface area contributed by atoms with E-state index in [1.165, 1.54) is 0 Å². The van der Waals surface area contributed by atoms with Gasteiger partial charge in [0.2, 0.25) is 11.6 Å². The van der Waals surface area contributed by atoms with Crippen LogP contribution in [0.3, 0.4) is 0 Å². The lowest BCUT2D eigenvalue weighted by Gasteiger charge is -2.26. The highest BCUT2D eigenvalue weighted by atomic mass is 16.5. The minimum absolute atomic E-state index is 0.0355. The van der Waals surface area contributed by atoms with Crippen molar-refractivity contribution in [1.29, 1.82) is 5.26 Å². The van der Waals surface area contributed by atoms with Crippen LogP contribution >= 0.6 is 0 Å². The first-order valence-electron chi connectivity index (χ1n) is 8.79. The molecular weight excluding hydrogens is 352 g/mol. The maximum Gasteiger partial charge on any atom is 0.380 e. The van der Waals surface area contributed by atoms with E-state index in [-0.39, 0.29) is 17.2 Å². The number of hydrogen-bond acceptors (Lipinski definition) is 5. The molecule has 0 saturated carbocycles. The van der Waals surface area contributed by atoms with Crippen LogP contribution in [0.1, 0.15) is 17.0 Å². The zero-order valence-electron chi connectivity index (χ0n) is 14.7. The van der Waals surface area contributed by atoms with Crippen LogP contribution < -0.4 is 16.1 Å². The van der Waals surface area contributed by atoms with Gasteiger partial charge in [0, 0.05) is 10.9 Å². The number of benzene rings is 3. The van der Waals surface area contributed by atoms with E-state index in [9.17, 15) is 10.1 Å². The van der Waals surface area contributed by atoms with Crippen molar-refractivity contribution in [3.8, 4) is 11.8 Å². The lowest BCUT2D eigenvalue weighted by Crippen LogP contribution is -2.25. The van der Waals surface area contributed by atoms with E-state index >= 15 is 0 Å². The summed E-state index contributed by atoms with van der Waals surface area (Å²) < 4.78 is 10.9. The summed E-state index contributed by atoms with van der Waals surface area (Å²) in [6.45, 7) is 0. The molecule has 0 radical (unpaired) electrons. The standard InChI is InChI=1S/C23H14N2O3/c24-12-17-19(15-10-9-13-5-1-2-6-14(13)11-15)20-16-7-3-4-8-18(16)27-23(26)21(20)28-22(17)25/h1-11,19H,25H2. The second-order valence-corrected chi connectivity index (χ2v) is 6.66. The van der Waals surface area contributed by atoms with Gasteiger partial charge in [0.1, 0.15) is 17.2 Å². The molecule has 1 atom stereocenters. The highest BCUT2D eigenvalue weighted by molar-refractivity contribution is 5.87. The summed E-state index contributed by atoms with van der Waals surface area (Å²) in [7, 11) is 0. The number of rotatable bonds is 1. The van der Waals surface area contributed by atoms with Crippen molar-refractivity contribution in [2.45, 2.75) is 5.92 Å². The molecule has 5 rings (SSSR count). The Morgan fingerprint density at radius 1 is 0.964 bits per heavy atom. The normalized spacial score (nSPS) is 15.9. The first-order valence-corrected chi connectivity index (χ1v) is 8.79. The average molecular weight is 366 g/mol. The molecule has 134 valence electrons. The summed E-state index contributed by atoms with van der Waals surface area (Å²) in [5.41, 5.74) is 7.58. The minimum Gasteiger partial charge on any atom is -0.432 e. The van der Waals surface area contributed by atoms with Crippen LogP contribution in [-0.4, -0.2) is 0 Å². The maximum atomic E-state index is 12.6. The number of hydrogen-bond donors (Lipinski definition) is 1. The monoisotopic (exact) mass is 366 g/mol. The van der Waals surface area contributed by atoms with Gasteiger partial charge in [-0.3, -0.25) is 0 Å². The van der Waals surface area contributed by atoms with Crippen LogP contribution in [0, 0.1) is 11.3 Å². The van der Waals surface area contributed by atoms with Gasteiger partial charge in [-0.2, -0.15) is 5.26 Å². The summed E-state index contributed by atoms with van der Waals surface area (Å²) >= 11 is 0. The molecule has 2 N–H and O–H groups in total. The highest BCUT2D eigenvalue weighted by Gasteiger charge is 2.35. The van der Waals surface area contributed by atoms with Crippen LogP contribution in [0.5, 0.6) is 5.75 Å². The lowest BCUT2D eigenvalue weighted by atomic mass is 9.81. The molecule has 0 saturated heterocycles. The Kier molecular flexibility index (Phi) is 3.46. The van der Waals surface area contributed by atoms with Gasteiger partial charge in [-0.1, -0.05) is 60.7 Å². The Morgan fingerprint density at radius 3 is 2.54 bits per heavy atom. The molecule has 0 amide bonds. The smallest absolute Gasteiger partial charge is 0.380 e. The van der Waals surface area contributed by atoms with Crippen LogP contribution in [0.2, 0.25) is 0 Å². The van der Waals surface area contributed by atoms with E-state index in [1.54, 1.807) is 12.1 Å². The van der Waals surface area contributed by atoms with Crippen molar-refractivity contribution < 1.29 is 9.15 Å². The third kappa shape index (κ3) is 2.29. The van der Waals surface area contributed by atoms with Crippen LogP contribution in [-0.2, 0) is 0 Å². The quantitative estimate of drug-likeness (QED) is 0.511. The fourth-order valence-corrected chi connectivity index (χ4v) is 3.83. The zero-order valence-corrected chi connectivity index (χ0v) is 14.7.